The Labute approximate surface area is 130 Å². The van der Waals surface area contributed by atoms with E-state index in [-0.39, 0.29) is 5.75 Å². The number of halogens is 3. The molecule has 0 saturated heterocycles. The van der Waals surface area contributed by atoms with E-state index in [2.05, 4.69) is 21.2 Å². The van der Waals surface area contributed by atoms with Gasteiger partial charge in [-0.15, -0.1) is 0 Å². The molecule has 0 aromatic heterocycles. The van der Waals surface area contributed by atoms with E-state index in [1.54, 1.807) is 12.1 Å². The Morgan fingerprint density at radius 3 is 2.38 bits per heavy atom. The van der Waals surface area contributed by atoms with Crippen LogP contribution in [0.25, 0.3) is 0 Å². The Kier molecular flexibility index (Phi) is 4.22. The van der Waals surface area contributed by atoms with Gasteiger partial charge in [-0.05, 0) is 30.5 Å². The van der Waals surface area contributed by atoms with Gasteiger partial charge in [0.2, 0.25) is 0 Å². The SMILES string of the molecule is Fc1cc(F)cc(Oc2ccc(CNC3CC3)c(Br)c2)c1. The standard InChI is InChI=1S/C16H14BrF2NO/c17-16-8-14(4-1-10(16)9-20-13-2-3-13)21-15-6-11(18)5-12(19)7-15/h1,4-8,13,20H,2-3,9H2. The molecule has 0 amide bonds. The molecule has 1 saturated carbocycles. The van der Waals surface area contributed by atoms with Crippen molar-refractivity contribution in [2.75, 3.05) is 0 Å². The van der Waals surface area contributed by atoms with Crippen LogP contribution in [0.15, 0.2) is 40.9 Å². The molecular weight excluding hydrogens is 340 g/mol. The zero-order valence-corrected chi connectivity index (χ0v) is 12.8. The molecule has 2 nitrogen and oxygen atoms in total. The first kappa shape index (κ1) is 14.5. The van der Waals surface area contributed by atoms with Gasteiger partial charge in [-0.2, -0.15) is 0 Å². The highest BCUT2D eigenvalue weighted by Crippen LogP contribution is 2.28. The first-order chi connectivity index (χ1) is 10.1. The Hall–Kier alpha value is -1.46. The summed E-state index contributed by atoms with van der Waals surface area (Å²) in [7, 11) is 0. The summed E-state index contributed by atoms with van der Waals surface area (Å²) in [5.41, 5.74) is 1.12. The van der Waals surface area contributed by atoms with Crippen LogP contribution < -0.4 is 10.1 Å². The fraction of sp³-hybridized carbons (Fsp3) is 0.250. The second-order valence-electron chi connectivity index (χ2n) is 5.12. The zero-order valence-electron chi connectivity index (χ0n) is 11.2. The van der Waals surface area contributed by atoms with Crippen LogP contribution in [0.4, 0.5) is 8.78 Å². The third-order valence-corrected chi connectivity index (χ3v) is 3.99. The monoisotopic (exact) mass is 353 g/mol. The van der Waals surface area contributed by atoms with Crippen molar-refractivity contribution >= 4 is 15.9 Å². The molecule has 110 valence electrons. The van der Waals surface area contributed by atoms with Crippen molar-refractivity contribution in [3.63, 3.8) is 0 Å². The van der Waals surface area contributed by atoms with Crippen LogP contribution in [0, 0.1) is 11.6 Å². The average molecular weight is 354 g/mol. The summed E-state index contributed by atoms with van der Waals surface area (Å²) in [6.45, 7) is 0.792. The molecule has 0 unspecified atom stereocenters. The summed E-state index contributed by atoms with van der Waals surface area (Å²) >= 11 is 3.49. The summed E-state index contributed by atoms with van der Waals surface area (Å²) in [5, 5.41) is 3.43. The molecule has 0 bridgehead atoms. The van der Waals surface area contributed by atoms with Gasteiger partial charge in [-0.25, -0.2) is 8.78 Å². The van der Waals surface area contributed by atoms with Gasteiger partial charge in [0, 0.05) is 35.3 Å². The lowest BCUT2D eigenvalue weighted by atomic mass is 10.2. The highest BCUT2D eigenvalue weighted by Gasteiger charge is 2.20. The predicted molar refractivity (Wildman–Crippen MR) is 80.4 cm³/mol. The Morgan fingerprint density at radius 1 is 1.05 bits per heavy atom. The van der Waals surface area contributed by atoms with Crippen LogP contribution in [0.1, 0.15) is 18.4 Å². The molecule has 3 rings (SSSR count). The molecule has 2 aromatic carbocycles. The Balaban J connectivity index is 1.71. The molecule has 5 heteroatoms. The molecule has 1 N–H and O–H groups in total. The maximum absolute atomic E-state index is 13.1. The van der Waals surface area contributed by atoms with Crippen LogP contribution in [-0.2, 0) is 6.54 Å². The second kappa shape index (κ2) is 6.12. The van der Waals surface area contributed by atoms with Crippen molar-refractivity contribution in [2.24, 2.45) is 0 Å². The van der Waals surface area contributed by atoms with Crippen LogP contribution in [0.3, 0.4) is 0 Å². The number of hydrogen-bond donors (Lipinski definition) is 1. The summed E-state index contributed by atoms with van der Waals surface area (Å²) in [6.07, 6.45) is 2.48. The smallest absolute Gasteiger partial charge is 0.133 e. The lowest BCUT2D eigenvalue weighted by molar-refractivity contribution is 0.467. The molecular formula is C16H14BrF2NO. The van der Waals surface area contributed by atoms with Gasteiger partial charge >= 0.3 is 0 Å². The minimum Gasteiger partial charge on any atom is -0.457 e. The molecule has 0 spiro atoms. The van der Waals surface area contributed by atoms with Gasteiger partial charge in [-0.3, -0.25) is 0 Å². The normalized spacial score (nSPS) is 14.2. The second-order valence-corrected chi connectivity index (χ2v) is 5.97. The topological polar surface area (TPSA) is 21.3 Å². The first-order valence-corrected chi connectivity index (χ1v) is 7.55. The molecule has 21 heavy (non-hydrogen) atoms. The fourth-order valence-electron chi connectivity index (χ4n) is 2.00. The number of hydrogen-bond acceptors (Lipinski definition) is 2. The zero-order chi connectivity index (χ0) is 14.8. The average Bonchev–Trinajstić information content (AvgIpc) is 3.20. The minimum absolute atomic E-state index is 0.142. The lowest BCUT2D eigenvalue weighted by Crippen LogP contribution is -2.15. The van der Waals surface area contributed by atoms with Gasteiger partial charge < -0.3 is 10.1 Å². The molecule has 1 aliphatic rings. The molecule has 0 atom stereocenters. The van der Waals surface area contributed by atoms with Gasteiger partial charge in [0.1, 0.15) is 23.1 Å². The highest BCUT2D eigenvalue weighted by atomic mass is 79.9. The Bertz CT molecular complexity index is 638. The van der Waals surface area contributed by atoms with Crippen molar-refractivity contribution in [2.45, 2.75) is 25.4 Å². The molecule has 1 fully saturated rings. The summed E-state index contributed by atoms with van der Waals surface area (Å²) < 4.78 is 32.6. The third-order valence-electron chi connectivity index (χ3n) is 3.25. The van der Waals surface area contributed by atoms with E-state index in [0.717, 1.165) is 34.8 Å². The number of rotatable bonds is 5. The van der Waals surface area contributed by atoms with E-state index in [0.29, 0.717) is 11.8 Å². The van der Waals surface area contributed by atoms with Gasteiger partial charge in [0.25, 0.3) is 0 Å². The van der Waals surface area contributed by atoms with E-state index in [4.69, 9.17) is 4.74 Å². The lowest BCUT2D eigenvalue weighted by Gasteiger charge is -2.10. The van der Waals surface area contributed by atoms with E-state index in [1.165, 1.54) is 12.8 Å². The van der Waals surface area contributed by atoms with Crippen molar-refractivity contribution in [1.82, 2.24) is 5.32 Å². The number of benzene rings is 2. The van der Waals surface area contributed by atoms with Crippen molar-refractivity contribution in [1.29, 1.82) is 0 Å². The summed E-state index contributed by atoms with van der Waals surface area (Å²) in [5.74, 6) is -0.644. The Morgan fingerprint density at radius 2 is 1.76 bits per heavy atom. The molecule has 1 aliphatic carbocycles. The predicted octanol–water partition coefficient (Wildman–Crippen LogP) is 4.77. The van der Waals surface area contributed by atoms with Crippen LogP contribution in [-0.4, -0.2) is 6.04 Å². The molecule has 0 heterocycles. The van der Waals surface area contributed by atoms with Crippen molar-refractivity contribution in [3.8, 4) is 11.5 Å². The molecule has 0 aliphatic heterocycles. The van der Waals surface area contributed by atoms with E-state index >= 15 is 0 Å². The van der Waals surface area contributed by atoms with E-state index in [9.17, 15) is 8.78 Å². The number of nitrogens with one attached hydrogen (secondary N) is 1. The quantitative estimate of drug-likeness (QED) is 0.835. The largest absolute Gasteiger partial charge is 0.457 e. The number of ether oxygens (including phenoxy) is 1. The van der Waals surface area contributed by atoms with Crippen molar-refractivity contribution in [3.05, 3.63) is 58.1 Å². The maximum atomic E-state index is 13.1. The summed E-state index contributed by atoms with van der Waals surface area (Å²) in [6, 6.07) is 9.28. The van der Waals surface area contributed by atoms with Gasteiger partial charge in [0.05, 0.1) is 0 Å². The maximum Gasteiger partial charge on any atom is 0.133 e. The molecule has 0 radical (unpaired) electrons. The van der Waals surface area contributed by atoms with Crippen LogP contribution >= 0.6 is 15.9 Å². The van der Waals surface area contributed by atoms with Gasteiger partial charge in [-0.1, -0.05) is 22.0 Å². The summed E-state index contributed by atoms with van der Waals surface area (Å²) in [4.78, 5) is 0. The molecule has 2 aromatic rings. The van der Waals surface area contributed by atoms with Crippen molar-refractivity contribution < 1.29 is 13.5 Å². The minimum atomic E-state index is -0.658. The highest BCUT2D eigenvalue weighted by molar-refractivity contribution is 9.10. The van der Waals surface area contributed by atoms with Crippen LogP contribution in [0.2, 0.25) is 0 Å². The third kappa shape index (κ3) is 4.02. The fourth-order valence-corrected chi connectivity index (χ4v) is 2.50. The van der Waals surface area contributed by atoms with E-state index < -0.39 is 11.6 Å². The van der Waals surface area contributed by atoms with E-state index in [1.807, 2.05) is 6.07 Å². The first-order valence-electron chi connectivity index (χ1n) is 6.76. The van der Waals surface area contributed by atoms with Gasteiger partial charge in [0.15, 0.2) is 0 Å². The van der Waals surface area contributed by atoms with Crippen LogP contribution in [0.5, 0.6) is 11.5 Å².